The van der Waals surface area contributed by atoms with Gasteiger partial charge < -0.3 is 15.4 Å². The lowest BCUT2D eigenvalue weighted by molar-refractivity contribution is 0.0954. The molecule has 2 aromatic rings. The summed E-state index contributed by atoms with van der Waals surface area (Å²) in [5, 5.41) is 20.8. The van der Waals surface area contributed by atoms with Gasteiger partial charge in [0.15, 0.2) is 0 Å². The second-order valence-electron chi connectivity index (χ2n) is 4.49. The highest BCUT2D eigenvalue weighted by Crippen LogP contribution is 2.00. The third-order valence-electron chi connectivity index (χ3n) is 3.01. The normalized spacial score (nSPS) is 10.1. The van der Waals surface area contributed by atoms with Gasteiger partial charge in [-0.05, 0) is 29.6 Å². The predicted molar refractivity (Wildman–Crippen MR) is 85.1 cm³/mol. The maximum absolute atomic E-state index is 11.9. The number of nitrogens with one attached hydrogen (secondary N) is 1. The first kappa shape index (κ1) is 14.3. The van der Waals surface area contributed by atoms with E-state index in [1.54, 1.807) is 12.1 Å². The van der Waals surface area contributed by atoms with E-state index in [0.29, 0.717) is 17.6 Å². The fourth-order valence-electron chi connectivity index (χ4n) is 1.87. The van der Waals surface area contributed by atoms with Crippen molar-refractivity contribution in [1.29, 1.82) is 0 Å². The fraction of sp³-hybridized carbons (Fsp3) is 0.133. The van der Waals surface area contributed by atoms with E-state index in [9.17, 15) is 4.79 Å². The standard InChI is InChI=1S/C15H16BNO3.3H2/c18-15(13-6-8-14(9-7-13)16(19)20)17-11-10-12-4-2-1-3-5-12;;;/h1-9,19-20H,10-11H2,(H,17,18);3*1H. The highest BCUT2D eigenvalue weighted by molar-refractivity contribution is 6.58. The van der Waals surface area contributed by atoms with E-state index in [4.69, 9.17) is 10.0 Å². The number of rotatable bonds is 5. The second kappa shape index (κ2) is 6.89. The van der Waals surface area contributed by atoms with Gasteiger partial charge in [0.05, 0.1) is 0 Å². The zero-order valence-electron chi connectivity index (χ0n) is 11.0. The maximum atomic E-state index is 11.9. The van der Waals surface area contributed by atoms with Crippen molar-refractivity contribution >= 4 is 18.5 Å². The van der Waals surface area contributed by atoms with Crippen molar-refractivity contribution in [2.24, 2.45) is 0 Å². The summed E-state index contributed by atoms with van der Waals surface area (Å²) >= 11 is 0. The lowest BCUT2D eigenvalue weighted by atomic mass is 9.80. The minimum atomic E-state index is -1.51. The molecule has 0 atom stereocenters. The van der Waals surface area contributed by atoms with Crippen LogP contribution < -0.4 is 10.8 Å². The number of hydrogen-bond acceptors (Lipinski definition) is 3. The summed E-state index contributed by atoms with van der Waals surface area (Å²) in [6.45, 7) is 0.563. The van der Waals surface area contributed by atoms with E-state index in [-0.39, 0.29) is 10.2 Å². The van der Waals surface area contributed by atoms with Gasteiger partial charge in [-0.25, -0.2) is 0 Å². The van der Waals surface area contributed by atoms with E-state index in [1.807, 2.05) is 30.3 Å². The van der Waals surface area contributed by atoms with Gasteiger partial charge in [-0.2, -0.15) is 0 Å². The summed E-state index contributed by atoms with van der Waals surface area (Å²) in [5.74, 6) is -0.167. The summed E-state index contributed by atoms with van der Waals surface area (Å²) in [6.07, 6.45) is 0.778. The number of benzene rings is 2. The van der Waals surface area contributed by atoms with Gasteiger partial charge in [0.2, 0.25) is 0 Å². The molecular formula is C15H22BNO3. The Bertz CT molecular complexity index is 568. The summed E-state index contributed by atoms with van der Waals surface area (Å²) in [6, 6.07) is 16.1. The highest BCUT2D eigenvalue weighted by Gasteiger charge is 2.11. The summed E-state index contributed by atoms with van der Waals surface area (Å²) in [5.41, 5.74) is 2.04. The van der Waals surface area contributed by atoms with Crippen molar-refractivity contribution in [3.63, 3.8) is 0 Å². The molecule has 0 aliphatic heterocycles. The first-order valence-corrected chi connectivity index (χ1v) is 6.45. The monoisotopic (exact) mass is 275 g/mol. The van der Waals surface area contributed by atoms with Crippen LogP contribution in [-0.4, -0.2) is 29.6 Å². The Labute approximate surface area is 122 Å². The van der Waals surface area contributed by atoms with Crippen LogP contribution in [0.3, 0.4) is 0 Å². The third-order valence-corrected chi connectivity index (χ3v) is 3.01. The zero-order chi connectivity index (χ0) is 14.4. The van der Waals surface area contributed by atoms with Gasteiger partial charge in [0.1, 0.15) is 0 Å². The molecule has 0 unspecified atom stereocenters. The molecule has 108 valence electrons. The molecule has 2 rings (SSSR count). The average Bonchev–Trinajstić information content (AvgIpc) is 2.48. The van der Waals surface area contributed by atoms with Crippen LogP contribution >= 0.6 is 0 Å². The SMILES string of the molecule is O=C(NCCc1ccccc1)c1ccc(B(O)O)cc1.[HH].[HH].[HH]. The quantitative estimate of drug-likeness (QED) is 0.715. The van der Waals surface area contributed by atoms with Gasteiger partial charge in [-0.15, -0.1) is 0 Å². The van der Waals surface area contributed by atoms with Gasteiger partial charge in [-0.3, -0.25) is 4.79 Å². The van der Waals surface area contributed by atoms with Crippen molar-refractivity contribution in [3.8, 4) is 0 Å². The molecule has 2 aromatic carbocycles. The van der Waals surface area contributed by atoms with E-state index < -0.39 is 7.12 Å². The number of carbonyl (C=O) groups is 1. The predicted octanol–water partition coefficient (Wildman–Crippen LogP) is 1.08. The molecule has 0 fully saturated rings. The number of hydrogen-bond donors (Lipinski definition) is 3. The van der Waals surface area contributed by atoms with Crippen molar-refractivity contribution < 1.29 is 19.1 Å². The van der Waals surface area contributed by atoms with Gasteiger partial charge >= 0.3 is 7.12 Å². The molecule has 20 heavy (non-hydrogen) atoms. The molecule has 0 radical (unpaired) electrons. The topological polar surface area (TPSA) is 69.6 Å². The van der Waals surface area contributed by atoms with Gasteiger partial charge in [-0.1, -0.05) is 42.5 Å². The van der Waals surface area contributed by atoms with E-state index in [0.717, 1.165) is 6.42 Å². The third kappa shape index (κ3) is 3.95. The van der Waals surface area contributed by atoms with Crippen molar-refractivity contribution in [2.75, 3.05) is 6.54 Å². The molecule has 1 amide bonds. The van der Waals surface area contributed by atoms with Crippen molar-refractivity contribution in [3.05, 3.63) is 65.7 Å². The van der Waals surface area contributed by atoms with E-state index in [1.165, 1.54) is 17.7 Å². The maximum Gasteiger partial charge on any atom is 0.488 e. The summed E-state index contributed by atoms with van der Waals surface area (Å²) in [4.78, 5) is 11.9. The average molecular weight is 275 g/mol. The van der Waals surface area contributed by atoms with Crippen LogP contribution in [0.25, 0.3) is 0 Å². The molecule has 4 nitrogen and oxygen atoms in total. The molecule has 0 heterocycles. The molecule has 0 aliphatic rings. The van der Waals surface area contributed by atoms with Crippen LogP contribution in [0, 0.1) is 0 Å². The highest BCUT2D eigenvalue weighted by atomic mass is 16.4. The Morgan fingerprint density at radius 1 is 1.05 bits per heavy atom. The van der Waals surface area contributed by atoms with Gasteiger partial charge in [0.25, 0.3) is 5.91 Å². The van der Waals surface area contributed by atoms with Crippen molar-refractivity contribution in [2.45, 2.75) is 6.42 Å². The number of amides is 1. The van der Waals surface area contributed by atoms with Crippen molar-refractivity contribution in [1.82, 2.24) is 5.32 Å². The molecule has 0 saturated carbocycles. The lowest BCUT2D eigenvalue weighted by Crippen LogP contribution is -2.30. The van der Waals surface area contributed by atoms with E-state index in [2.05, 4.69) is 5.32 Å². The molecule has 0 aliphatic carbocycles. The Morgan fingerprint density at radius 2 is 1.70 bits per heavy atom. The minimum absolute atomic E-state index is 0. The molecule has 0 saturated heterocycles. The van der Waals surface area contributed by atoms with Crippen LogP contribution in [0.15, 0.2) is 54.6 Å². The number of carbonyl (C=O) groups excluding carboxylic acids is 1. The minimum Gasteiger partial charge on any atom is -0.423 e. The smallest absolute Gasteiger partial charge is 0.423 e. The molecular weight excluding hydrogens is 253 g/mol. The second-order valence-corrected chi connectivity index (χ2v) is 4.49. The molecule has 0 aromatic heterocycles. The first-order valence-electron chi connectivity index (χ1n) is 6.45. The molecule has 5 heteroatoms. The van der Waals surface area contributed by atoms with Crippen LogP contribution in [0.5, 0.6) is 0 Å². The summed E-state index contributed by atoms with van der Waals surface area (Å²) < 4.78 is 0. The van der Waals surface area contributed by atoms with E-state index >= 15 is 0 Å². The van der Waals surface area contributed by atoms with Gasteiger partial charge in [0, 0.05) is 16.4 Å². The lowest BCUT2D eigenvalue weighted by Gasteiger charge is -2.06. The zero-order valence-corrected chi connectivity index (χ0v) is 11.0. The molecule has 0 bridgehead atoms. The largest absolute Gasteiger partial charge is 0.488 e. The van der Waals surface area contributed by atoms with Crippen LogP contribution in [-0.2, 0) is 6.42 Å². The summed E-state index contributed by atoms with van der Waals surface area (Å²) in [7, 11) is -1.51. The Hall–Kier alpha value is -2.11. The molecule has 0 spiro atoms. The Balaban J connectivity index is 0. The Morgan fingerprint density at radius 3 is 2.30 bits per heavy atom. The van der Waals surface area contributed by atoms with Crippen LogP contribution in [0.4, 0.5) is 0 Å². The van der Waals surface area contributed by atoms with Crippen LogP contribution in [0.2, 0.25) is 0 Å². The first-order chi connectivity index (χ1) is 9.66. The fourth-order valence-corrected chi connectivity index (χ4v) is 1.87. The van der Waals surface area contributed by atoms with Crippen LogP contribution in [0.1, 0.15) is 20.2 Å². The Kier molecular flexibility index (Phi) is 4.93. The molecule has 3 N–H and O–H groups in total.